The fourth-order valence-corrected chi connectivity index (χ4v) is 2.96. The average Bonchev–Trinajstić information content (AvgIpc) is 2.69. The Hall–Kier alpha value is -3.69. The van der Waals surface area contributed by atoms with Gasteiger partial charge in [-0.3, -0.25) is 14.6 Å². The van der Waals surface area contributed by atoms with E-state index in [-0.39, 0.29) is 16.7 Å². The van der Waals surface area contributed by atoms with Crippen molar-refractivity contribution in [1.29, 1.82) is 0 Å². The summed E-state index contributed by atoms with van der Waals surface area (Å²) < 4.78 is 56.5. The normalized spacial score (nSPS) is 12.3. The lowest BCUT2D eigenvalue weighted by Crippen LogP contribution is -2.31. The van der Waals surface area contributed by atoms with E-state index in [4.69, 9.17) is 0 Å². The Balaban J connectivity index is 2.00. The fraction of sp³-hybridized carbons (Fsp3) is 0.190. The molecular weight excluding hydrogens is 418 g/mol. The van der Waals surface area contributed by atoms with Gasteiger partial charge in [-0.1, -0.05) is 12.1 Å². The number of carbonyl (C=O) groups is 1. The minimum absolute atomic E-state index is 0.159. The van der Waals surface area contributed by atoms with Gasteiger partial charge in [-0.15, -0.1) is 13.2 Å². The fourth-order valence-electron chi connectivity index (χ4n) is 2.96. The van der Waals surface area contributed by atoms with Crippen molar-refractivity contribution in [2.75, 3.05) is 0 Å². The largest absolute Gasteiger partial charge is 0.573 e. The monoisotopic (exact) mass is 435 g/mol. The summed E-state index contributed by atoms with van der Waals surface area (Å²) in [5.74, 6) is -2.82. The minimum Gasteiger partial charge on any atom is -0.403 e. The van der Waals surface area contributed by atoms with E-state index in [1.807, 2.05) is 0 Å². The second kappa shape index (κ2) is 8.58. The first-order valence-electron chi connectivity index (χ1n) is 8.99. The molecule has 162 valence electrons. The van der Waals surface area contributed by atoms with Crippen LogP contribution in [0.5, 0.6) is 5.75 Å². The van der Waals surface area contributed by atoms with E-state index in [0.29, 0.717) is 11.3 Å². The van der Waals surface area contributed by atoms with Crippen LogP contribution in [0.4, 0.5) is 17.6 Å². The van der Waals surface area contributed by atoms with Crippen molar-refractivity contribution in [3.8, 4) is 5.75 Å². The molecule has 3 aromatic rings. The van der Waals surface area contributed by atoms with Crippen molar-refractivity contribution >= 4 is 5.91 Å². The van der Waals surface area contributed by atoms with Gasteiger partial charge in [0.2, 0.25) is 5.56 Å². The molecule has 1 atom stereocenters. The van der Waals surface area contributed by atoms with Gasteiger partial charge < -0.3 is 14.6 Å². The molecule has 3 rings (SSSR count). The van der Waals surface area contributed by atoms with Gasteiger partial charge in [0, 0.05) is 25.5 Å². The number of hydrogen-bond acceptors (Lipinski definition) is 4. The maximum Gasteiger partial charge on any atom is 0.573 e. The number of ether oxygens (including phenoxy) is 1. The third kappa shape index (κ3) is 5.27. The van der Waals surface area contributed by atoms with Crippen LogP contribution in [-0.4, -0.2) is 21.8 Å². The van der Waals surface area contributed by atoms with Gasteiger partial charge in [-0.25, -0.2) is 4.39 Å². The lowest BCUT2D eigenvalue weighted by molar-refractivity contribution is -0.275. The van der Waals surface area contributed by atoms with Crippen LogP contribution < -0.4 is 15.6 Å². The number of nitrogens with one attached hydrogen (secondary N) is 1. The van der Waals surface area contributed by atoms with E-state index in [9.17, 15) is 27.2 Å². The number of nitrogens with zero attached hydrogens (tertiary/aromatic N) is 2. The van der Waals surface area contributed by atoms with Gasteiger partial charge in [0.15, 0.2) is 11.6 Å². The van der Waals surface area contributed by atoms with Crippen molar-refractivity contribution in [2.45, 2.75) is 19.3 Å². The maximum absolute atomic E-state index is 14.3. The Kier molecular flexibility index (Phi) is 6.09. The highest BCUT2D eigenvalue weighted by Crippen LogP contribution is 2.30. The Morgan fingerprint density at radius 1 is 1.19 bits per heavy atom. The minimum atomic E-state index is -5.04. The first-order chi connectivity index (χ1) is 14.5. The van der Waals surface area contributed by atoms with Crippen LogP contribution in [0.15, 0.2) is 59.7 Å². The van der Waals surface area contributed by atoms with Crippen LogP contribution in [0, 0.1) is 12.7 Å². The van der Waals surface area contributed by atoms with Crippen molar-refractivity contribution in [1.82, 2.24) is 14.9 Å². The molecule has 6 nitrogen and oxygen atoms in total. The molecule has 0 aliphatic rings. The molecule has 10 heteroatoms. The standard InChI is InChI=1S/C21H17F4N3O3/c1-12-4-3-9-26-18(12)19(27-20(30)14-6-8-17(29)28(2)11-14)13-5-7-16(15(22)10-13)31-21(23,24)25/h3-11,19H,1-2H3,(H,27,30). The maximum atomic E-state index is 14.3. The van der Waals surface area contributed by atoms with Crippen molar-refractivity contribution in [3.63, 3.8) is 0 Å². The summed E-state index contributed by atoms with van der Waals surface area (Å²) in [6, 6.07) is 7.88. The van der Waals surface area contributed by atoms with Gasteiger partial charge in [0.1, 0.15) is 0 Å². The first-order valence-corrected chi connectivity index (χ1v) is 8.99. The lowest BCUT2D eigenvalue weighted by atomic mass is 9.99. The molecule has 2 heterocycles. The highest BCUT2D eigenvalue weighted by molar-refractivity contribution is 5.94. The Morgan fingerprint density at radius 2 is 1.94 bits per heavy atom. The van der Waals surface area contributed by atoms with E-state index in [1.54, 1.807) is 19.1 Å². The molecule has 0 spiro atoms. The topological polar surface area (TPSA) is 73.2 Å². The highest BCUT2D eigenvalue weighted by Gasteiger charge is 2.33. The zero-order valence-corrected chi connectivity index (χ0v) is 16.4. The number of pyridine rings is 2. The Morgan fingerprint density at radius 3 is 2.55 bits per heavy atom. The smallest absolute Gasteiger partial charge is 0.403 e. The molecule has 0 radical (unpaired) electrons. The zero-order chi connectivity index (χ0) is 22.8. The molecule has 0 aliphatic heterocycles. The third-order valence-electron chi connectivity index (χ3n) is 4.46. The lowest BCUT2D eigenvalue weighted by Gasteiger charge is -2.21. The number of aryl methyl sites for hydroxylation is 2. The number of amides is 1. The predicted molar refractivity (Wildman–Crippen MR) is 103 cm³/mol. The summed E-state index contributed by atoms with van der Waals surface area (Å²) in [4.78, 5) is 28.6. The number of aromatic nitrogens is 2. The number of hydrogen-bond donors (Lipinski definition) is 1. The van der Waals surface area contributed by atoms with Gasteiger partial charge in [0.25, 0.3) is 5.91 Å². The molecule has 1 unspecified atom stereocenters. The van der Waals surface area contributed by atoms with Crippen LogP contribution in [0.1, 0.15) is 33.2 Å². The Bertz CT molecular complexity index is 1180. The van der Waals surface area contributed by atoms with Crippen LogP contribution in [0.25, 0.3) is 0 Å². The number of benzene rings is 1. The quantitative estimate of drug-likeness (QED) is 0.621. The molecule has 1 N–H and O–H groups in total. The van der Waals surface area contributed by atoms with Crippen LogP contribution in [0.2, 0.25) is 0 Å². The highest BCUT2D eigenvalue weighted by atomic mass is 19.4. The van der Waals surface area contributed by atoms with E-state index in [2.05, 4.69) is 15.0 Å². The van der Waals surface area contributed by atoms with Gasteiger partial charge in [-0.2, -0.15) is 0 Å². The summed E-state index contributed by atoms with van der Waals surface area (Å²) in [6.07, 6.45) is -2.23. The van der Waals surface area contributed by atoms with Crippen LogP contribution in [-0.2, 0) is 7.05 Å². The first kappa shape index (κ1) is 22.0. The van der Waals surface area contributed by atoms with Crippen molar-refractivity contribution in [3.05, 3.63) is 93.4 Å². The summed E-state index contributed by atoms with van der Waals surface area (Å²) in [5.41, 5.74) is 1.06. The second-order valence-corrected chi connectivity index (χ2v) is 6.72. The van der Waals surface area contributed by atoms with Crippen LogP contribution in [0.3, 0.4) is 0 Å². The molecule has 0 bridgehead atoms. The molecule has 2 aromatic heterocycles. The Labute approximate surface area is 174 Å². The number of halogens is 4. The van der Waals surface area contributed by atoms with E-state index in [0.717, 1.165) is 12.1 Å². The van der Waals surface area contributed by atoms with E-state index in [1.165, 1.54) is 42.2 Å². The molecular formula is C21H17F4N3O3. The predicted octanol–water partition coefficient (Wildman–Crippen LogP) is 3.65. The summed E-state index contributed by atoms with van der Waals surface area (Å²) in [5, 5.41) is 2.70. The number of rotatable bonds is 5. The second-order valence-electron chi connectivity index (χ2n) is 6.72. The van der Waals surface area contributed by atoms with Crippen molar-refractivity contribution in [2.24, 2.45) is 7.05 Å². The van der Waals surface area contributed by atoms with Gasteiger partial charge in [-0.05, 0) is 42.3 Å². The SMILES string of the molecule is Cc1cccnc1C(NC(=O)c1ccc(=O)n(C)c1)c1ccc(OC(F)(F)F)c(F)c1. The number of alkyl halides is 3. The zero-order valence-electron chi connectivity index (χ0n) is 16.4. The van der Waals surface area contributed by atoms with Gasteiger partial charge in [0.05, 0.1) is 17.3 Å². The summed E-state index contributed by atoms with van der Waals surface area (Å²) >= 11 is 0. The molecule has 0 aliphatic carbocycles. The van der Waals surface area contributed by atoms with Crippen LogP contribution >= 0.6 is 0 Å². The summed E-state index contributed by atoms with van der Waals surface area (Å²) in [7, 11) is 1.48. The summed E-state index contributed by atoms with van der Waals surface area (Å²) in [6.45, 7) is 1.73. The van der Waals surface area contributed by atoms with Gasteiger partial charge >= 0.3 is 6.36 Å². The molecule has 1 aromatic carbocycles. The molecule has 0 fully saturated rings. The molecule has 0 saturated heterocycles. The molecule has 1 amide bonds. The third-order valence-corrected chi connectivity index (χ3v) is 4.46. The van der Waals surface area contributed by atoms with E-state index >= 15 is 0 Å². The van der Waals surface area contributed by atoms with E-state index < -0.39 is 29.9 Å². The van der Waals surface area contributed by atoms with Crippen molar-refractivity contribution < 1.29 is 27.1 Å². The number of carbonyl (C=O) groups excluding carboxylic acids is 1. The molecule has 31 heavy (non-hydrogen) atoms. The molecule has 0 saturated carbocycles. The average molecular weight is 435 g/mol.